The van der Waals surface area contributed by atoms with E-state index in [0.29, 0.717) is 16.5 Å². The Morgan fingerprint density at radius 3 is 2.78 bits per heavy atom. The molecule has 1 aromatic carbocycles. The van der Waals surface area contributed by atoms with Gasteiger partial charge in [-0.25, -0.2) is 4.39 Å². The molecule has 0 aromatic heterocycles. The predicted molar refractivity (Wildman–Crippen MR) is 74.6 cm³/mol. The molecule has 0 amide bonds. The number of benzene rings is 1. The summed E-state index contributed by atoms with van der Waals surface area (Å²) in [6, 6.07) is 5.00. The third-order valence-electron chi connectivity index (χ3n) is 4.29. The molecule has 1 nitrogen and oxygen atoms in total. The first-order valence-corrected chi connectivity index (χ1v) is 7.15. The summed E-state index contributed by atoms with van der Waals surface area (Å²) in [5.41, 5.74) is 0.603. The van der Waals surface area contributed by atoms with Gasteiger partial charge in [-0.1, -0.05) is 31.5 Å². The fourth-order valence-corrected chi connectivity index (χ4v) is 3.32. The maximum absolute atomic E-state index is 14.1. The molecule has 0 spiro atoms. The van der Waals surface area contributed by atoms with Crippen molar-refractivity contribution in [3.05, 3.63) is 34.6 Å². The zero-order valence-electron chi connectivity index (χ0n) is 11.1. The van der Waals surface area contributed by atoms with Crippen molar-refractivity contribution in [2.24, 2.45) is 5.92 Å². The van der Waals surface area contributed by atoms with Gasteiger partial charge in [0.1, 0.15) is 5.82 Å². The maximum Gasteiger partial charge on any atom is 0.128 e. The van der Waals surface area contributed by atoms with E-state index in [-0.39, 0.29) is 11.2 Å². The molecule has 1 N–H and O–H groups in total. The molecule has 0 saturated heterocycles. The summed E-state index contributed by atoms with van der Waals surface area (Å²) < 4.78 is 14.1. The first-order chi connectivity index (χ1) is 8.62. The predicted octanol–water partition coefficient (Wildman–Crippen LogP) is 4.15. The average Bonchev–Trinajstić information content (AvgIpc) is 2.34. The van der Waals surface area contributed by atoms with Gasteiger partial charge >= 0.3 is 0 Å². The Morgan fingerprint density at radius 1 is 1.50 bits per heavy atom. The molecule has 0 aliphatic heterocycles. The van der Waals surface area contributed by atoms with Gasteiger partial charge in [-0.2, -0.15) is 0 Å². The van der Waals surface area contributed by atoms with Crippen molar-refractivity contribution in [2.45, 2.75) is 38.5 Å². The Morgan fingerprint density at radius 2 is 2.28 bits per heavy atom. The van der Waals surface area contributed by atoms with E-state index < -0.39 is 0 Å². The molecular weight excluding hydrogens is 249 g/mol. The van der Waals surface area contributed by atoms with Crippen LogP contribution >= 0.6 is 11.6 Å². The quantitative estimate of drug-likeness (QED) is 0.792. The van der Waals surface area contributed by atoms with Crippen LogP contribution in [0.1, 0.15) is 38.7 Å². The van der Waals surface area contributed by atoms with Crippen LogP contribution in [-0.4, -0.2) is 13.1 Å². The Kier molecular flexibility index (Phi) is 4.29. The van der Waals surface area contributed by atoms with Crippen molar-refractivity contribution in [2.75, 3.05) is 13.1 Å². The van der Waals surface area contributed by atoms with E-state index in [2.05, 4.69) is 19.2 Å². The SMILES string of the molecule is CCCNCC1(c2c(F)cccc2Cl)CCC1C. The highest BCUT2D eigenvalue weighted by Gasteiger charge is 2.47. The minimum Gasteiger partial charge on any atom is -0.316 e. The summed E-state index contributed by atoms with van der Waals surface area (Å²) in [6.07, 6.45) is 3.26. The van der Waals surface area contributed by atoms with Crippen LogP contribution in [0.3, 0.4) is 0 Å². The fourth-order valence-electron chi connectivity index (χ4n) is 2.97. The topological polar surface area (TPSA) is 12.0 Å². The molecule has 2 rings (SSSR count). The zero-order chi connectivity index (χ0) is 13.2. The summed E-state index contributed by atoms with van der Waals surface area (Å²) in [6.45, 7) is 6.13. The third kappa shape index (κ3) is 2.28. The van der Waals surface area contributed by atoms with Crippen LogP contribution in [0, 0.1) is 11.7 Å². The maximum atomic E-state index is 14.1. The van der Waals surface area contributed by atoms with Crippen LogP contribution in [0.25, 0.3) is 0 Å². The summed E-state index contributed by atoms with van der Waals surface area (Å²) in [5, 5.41) is 4.01. The number of rotatable bonds is 5. The first-order valence-electron chi connectivity index (χ1n) is 6.77. The Hall–Kier alpha value is -0.600. The van der Waals surface area contributed by atoms with Crippen LogP contribution < -0.4 is 5.32 Å². The van der Waals surface area contributed by atoms with Gasteiger partial charge in [-0.05, 0) is 43.9 Å². The van der Waals surface area contributed by atoms with Crippen LogP contribution in [0.15, 0.2) is 18.2 Å². The largest absolute Gasteiger partial charge is 0.316 e. The monoisotopic (exact) mass is 269 g/mol. The molecular formula is C15H21ClFN. The van der Waals surface area contributed by atoms with E-state index in [1.54, 1.807) is 12.1 Å². The van der Waals surface area contributed by atoms with E-state index >= 15 is 0 Å². The molecule has 1 aliphatic rings. The fraction of sp³-hybridized carbons (Fsp3) is 0.600. The minimum absolute atomic E-state index is 0.113. The number of halogens is 2. The minimum atomic E-state index is -0.160. The van der Waals surface area contributed by atoms with Crippen molar-refractivity contribution in [1.82, 2.24) is 5.32 Å². The van der Waals surface area contributed by atoms with E-state index in [0.717, 1.165) is 32.4 Å². The molecule has 1 saturated carbocycles. The van der Waals surface area contributed by atoms with Gasteiger partial charge in [0, 0.05) is 22.5 Å². The Balaban J connectivity index is 2.30. The number of nitrogens with one attached hydrogen (secondary N) is 1. The summed E-state index contributed by atoms with van der Waals surface area (Å²) in [5.74, 6) is 0.323. The smallest absolute Gasteiger partial charge is 0.128 e. The number of hydrogen-bond acceptors (Lipinski definition) is 1. The van der Waals surface area contributed by atoms with Crippen molar-refractivity contribution in [1.29, 1.82) is 0 Å². The lowest BCUT2D eigenvalue weighted by molar-refractivity contribution is 0.129. The van der Waals surface area contributed by atoms with Gasteiger partial charge in [-0.15, -0.1) is 0 Å². The Bertz CT molecular complexity index is 401. The molecule has 1 aromatic rings. The van der Waals surface area contributed by atoms with Gasteiger partial charge in [0.05, 0.1) is 0 Å². The second kappa shape index (κ2) is 5.58. The van der Waals surface area contributed by atoms with Gasteiger partial charge in [-0.3, -0.25) is 0 Å². The van der Waals surface area contributed by atoms with Crippen LogP contribution in [0.5, 0.6) is 0 Å². The molecule has 100 valence electrons. The van der Waals surface area contributed by atoms with Crippen molar-refractivity contribution in [3.63, 3.8) is 0 Å². The summed E-state index contributed by atoms with van der Waals surface area (Å²) in [7, 11) is 0. The van der Waals surface area contributed by atoms with Crippen molar-refractivity contribution >= 4 is 11.6 Å². The molecule has 1 aliphatic carbocycles. The van der Waals surface area contributed by atoms with E-state index in [9.17, 15) is 4.39 Å². The van der Waals surface area contributed by atoms with E-state index in [1.807, 2.05) is 0 Å². The second-order valence-electron chi connectivity index (χ2n) is 5.37. The molecule has 2 atom stereocenters. The lowest BCUT2D eigenvalue weighted by atomic mass is 9.57. The highest BCUT2D eigenvalue weighted by atomic mass is 35.5. The molecule has 18 heavy (non-hydrogen) atoms. The highest BCUT2D eigenvalue weighted by molar-refractivity contribution is 6.31. The average molecular weight is 270 g/mol. The first kappa shape index (κ1) is 13.8. The third-order valence-corrected chi connectivity index (χ3v) is 4.61. The molecule has 0 radical (unpaired) electrons. The summed E-state index contributed by atoms with van der Waals surface area (Å²) >= 11 is 6.24. The van der Waals surface area contributed by atoms with Crippen LogP contribution in [0.2, 0.25) is 5.02 Å². The van der Waals surface area contributed by atoms with E-state index in [4.69, 9.17) is 11.6 Å². The van der Waals surface area contributed by atoms with Crippen molar-refractivity contribution in [3.8, 4) is 0 Å². The molecule has 1 fully saturated rings. The lowest BCUT2D eigenvalue weighted by Gasteiger charge is -2.49. The molecule has 2 unspecified atom stereocenters. The normalized spacial score (nSPS) is 27.0. The lowest BCUT2D eigenvalue weighted by Crippen LogP contribution is -2.51. The molecule has 0 bridgehead atoms. The van der Waals surface area contributed by atoms with Gasteiger partial charge < -0.3 is 5.32 Å². The summed E-state index contributed by atoms with van der Waals surface area (Å²) in [4.78, 5) is 0. The van der Waals surface area contributed by atoms with Gasteiger partial charge in [0.15, 0.2) is 0 Å². The van der Waals surface area contributed by atoms with Gasteiger partial charge in [0.2, 0.25) is 0 Å². The number of hydrogen-bond donors (Lipinski definition) is 1. The van der Waals surface area contributed by atoms with E-state index in [1.165, 1.54) is 6.07 Å². The standard InChI is InChI=1S/C15H21ClFN/c1-3-9-18-10-15(8-7-11(15)2)14-12(16)5-4-6-13(14)17/h4-6,11,18H,3,7-10H2,1-2H3. The highest BCUT2D eigenvalue weighted by Crippen LogP contribution is 2.51. The van der Waals surface area contributed by atoms with Crippen molar-refractivity contribution < 1.29 is 4.39 Å². The second-order valence-corrected chi connectivity index (χ2v) is 5.78. The van der Waals surface area contributed by atoms with Crippen LogP contribution in [0.4, 0.5) is 4.39 Å². The molecule has 0 heterocycles. The Labute approximate surface area is 114 Å². The molecule has 3 heteroatoms. The van der Waals surface area contributed by atoms with Crippen LogP contribution in [-0.2, 0) is 5.41 Å². The van der Waals surface area contributed by atoms with Gasteiger partial charge in [0.25, 0.3) is 0 Å². The zero-order valence-corrected chi connectivity index (χ0v) is 11.9.